The normalized spacial score (nSPS) is 12.1. The Morgan fingerprint density at radius 1 is 1.04 bits per heavy atom. The molecule has 0 radical (unpaired) electrons. The first-order chi connectivity index (χ1) is 11.2. The van der Waals surface area contributed by atoms with Gasteiger partial charge in [0, 0.05) is 23.4 Å². The van der Waals surface area contributed by atoms with Crippen LogP contribution in [-0.2, 0) is 6.54 Å². The lowest BCUT2D eigenvalue weighted by Gasteiger charge is -2.13. The van der Waals surface area contributed by atoms with Crippen molar-refractivity contribution in [1.29, 1.82) is 0 Å². The molecule has 0 spiro atoms. The number of rotatable bonds is 6. The molecule has 3 rings (SSSR count). The molecule has 0 saturated heterocycles. The molecular weight excluding hydrogens is 352 g/mol. The first-order valence-corrected chi connectivity index (χ1v) is 8.49. The van der Waals surface area contributed by atoms with Crippen molar-refractivity contribution in [3.63, 3.8) is 0 Å². The second-order valence-corrected chi connectivity index (χ2v) is 6.53. The van der Waals surface area contributed by atoms with Gasteiger partial charge in [-0.1, -0.05) is 35.0 Å². The second-order valence-electron chi connectivity index (χ2n) is 5.62. The molecule has 1 atom stereocenters. The SMILES string of the molecule is CC(CCn1ccnc1)c1ccc(Oc2ccc(Br)cc2)cc1. The maximum absolute atomic E-state index is 5.85. The van der Waals surface area contributed by atoms with Gasteiger partial charge in [0.25, 0.3) is 0 Å². The average Bonchev–Trinajstić information content (AvgIpc) is 3.09. The maximum Gasteiger partial charge on any atom is 0.127 e. The van der Waals surface area contributed by atoms with Crippen molar-refractivity contribution in [2.24, 2.45) is 0 Å². The molecule has 1 aromatic heterocycles. The Morgan fingerprint density at radius 2 is 1.70 bits per heavy atom. The molecule has 1 unspecified atom stereocenters. The van der Waals surface area contributed by atoms with Crippen LogP contribution >= 0.6 is 15.9 Å². The molecule has 0 amide bonds. The lowest BCUT2D eigenvalue weighted by atomic mass is 9.98. The fourth-order valence-corrected chi connectivity index (χ4v) is 2.70. The Morgan fingerprint density at radius 3 is 2.30 bits per heavy atom. The molecule has 0 saturated carbocycles. The zero-order chi connectivity index (χ0) is 16.1. The van der Waals surface area contributed by atoms with E-state index in [1.807, 2.05) is 55.1 Å². The minimum Gasteiger partial charge on any atom is -0.457 e. The van der Waals surface area contributed by atoms with E-state index in [4.69, 9.17) is 4.74 Å². The topological polar surface area (TPSA) is 27.1 Å². The van der Waals surface area contributed by atoms with Crippen molar-refractivity contribution >= 4 is 15.9 Å². The van der Waals surface area contributed by atoms with Gasteiger partial charge in [0.05, 0.1) is 6.33 Å². The zero-order valence-electron chi connectivity index (χ0n) is 13.0. The summed E-state index contributed by atoms with van der Waals surface area (Å²) in [6, 6.07) is 16.2. The van der Waals surface area contributed by atoms with Crippen molar-refractivity contribution in [3.8, 4) is 11.5 Å². The molecule has 23 heavy (non-hydrogen) atoms. The number of aryl methyl sites for hydroxylation is 1. The number of hydrogen-bond acceptors (Lipinski definition) is 2. The summed E-state index contributed by atoms with van der Waals surface area (Å²) in [5, 5.41) is 0. The number of halogens is 1. The van der Waals surface area contributed by atoms with Crippen LogP contribution in [0.5, 0.6) is 11.5 Å². The van der Waals surface area contributed by atoms with Crippen molar-refractivity contribution in [3.05, 3.63) is 77.3 Å². The quantitative estimate of drug-likeness (QED) is 0.561. The lowest BCUT2D eigenvalue weighted by molar-refractivity contribution is 0.482. The predicted octanol–water partition coefficient (Wildman–Crippen LogP) is 5.63. The van der Waals surface area contributed by atoms with Gasteiger partial charge in [0.1, 0.15) is 11.5 Å². The van der Waals surface area contributed by atoms with E-state index in [1.54, 1.807) is 0 Å². The summed E-state index contributed by atoms with van der Waals surface area (Å²) in [4.78, 5) is 4.07. The maximum atomic E-state index is 5.85. The third-order valence-corrected chi connectivity index (χ3v) is 4.41. The van der Waals surface area contributed by atoms with Gasteiger partial charge in [0.15, 0.2) is 0 Å². The van der Waals surface area contributed by atoms with E-state index in [1.165, 1.54) is 5.56 Å². The number of hydrogen-bond donors (Lipinski definition) is 0. The Balaban J connectivity index is 1.58. The van der Waals surface area contributed by atoms with Crippen LogP contribution in [0.25, 0.3) is 0 Å². The molecule has 0 aliphatic rings. The zero-order valence-corrected chi connectivity index (χ0v) is 14.6. The van der Waals surface area contributed by atoms with Gasteiger partial charge in [-0.25, -0.2) is 4.98 Å². The smallest absolute Gasteiger partial charge is 0.127 e. The number of benzene rings is 2. The Hall–Kier alpha value is -2.07. The fraction of sp³-hybridized carbons (Fsp3) is 0.211. The first-order valence-electron chi connectivity index (χ1n) is 7.70. The van der Waals surface area contributed by atoms with Crippen LogP contribution in [0.3, 0.4) is 0 Å². The molecule has 0 fully saturated rings. The lowest BCUT2D eigenvalue weighted by Crippen LogP contribution is -2.01. The third-order valence-electron chi connectivity index (χ3n) is 3.88. The van der Waals surface area contributed by atoms with Crippen LogP contribution in [0.15, 0.2) is 71.7 Å². The van der Waals surface area contributed by atoms with Gasteiger partial charge in [-0.3, -0.25) is 0 Å². The molecule has 0 aliphatic heterocycles. The van der Waals surface area contributed by atoms with E-state index in [0.29, 0.717) is 5.92 Å². The highest BCUT2D eigenvalue weighted by Crippen LogP contribution is 2.26. The number of nitrogens with zero attached hydrogens (tertiary/aromatic N) is 2. The molecule has 0 aliphatic carbocycles. The van der Waals surface area contributed by atoms with Crippen LogP contribution in [0.4, 0.5) is 0 Å². The van der Waals surface area contributed by atoms with Crippen LogP contribution in [0, 0.1) is 0 Å². The fourth-order valence-electron chi connectivity index (χ4n) is 2.43. The Bertz CT molecular complexity index is 721. The van der Waals surface area contributed by atoms with Gasteiger partial charge in [-0.2, -0.15) is 0 Å². The summed E-state index contributed by atoms with van der Waals surface area (Å²) in [5.41, 5.74) is 1.33. The second kappa shape index (κ2) is 7.47. The van der Waals surface area contributed by atoms with E-state index in [2.05, 4.69) is 44.5 Å². The van der Waals surface area contributed by atoms with Gasteiger partial charge >= 0.3 is 0 Å². The van der Waals surface area contributed by atoms with Crippen LogP contribution in [0.1, 0.15) is 24.8 Å². The van der Waals surface area contributed by atoms with Crippen LogP contribution in [0.2, 0.25) is 0 Å². The molecule has 1 heterocycles. The number of imidazole rings is 1. The highest BCUT2D eigenvalue weighted by atomic mass is 79.9. The third kappa shape index (κ3) is 4.45. The summed E-state index contributed by atoms with van der Waals surface area (Å²) < 4.78 is 9.01. The summed E-state index contributed by atoms with van der Waals surface area (Å²) >= 11 is 3.42. The number of ether oxygens (including phenoxy) is 1. The van der Waals surface area contributed by atoms with Gasteiger partial charge < -0.3 is 9.30 Å². The monoisotopic (exact) mass is 370 g/mol. The summed E-state index contributed by atoms with van der Waals surface area (Å²) in [7, 11) is 0. The van der Waals surface area contributed by atoms with E-state index in [-0.39, 0.29) is 0 Å². The summed E-state index contributed by atoms with van der Waals surface area (Å²) in [6.07, 6.45) is 6.77. The molecule has 2 aromatic carbocycles. The molecule has 0 bridgehead atoms. The average molecular weight is 371 g/mol. The van der Waals surface area contributed by atoms with Gasteiger partial charge in [-0.05, 0) is 54.3 Å². The highest BCUT2D eigenvalue weighted by Gasteiger charge is 2.06. The standard InChI is InChI=1S/C19H19BrN2O/c1-15(10-12-22-13-11-21-14-22)16-2-6-18(7-3-16)23-19-8-4-17(20)5-9-19/h2-9,11,13-15H,10,12H2,1H3. The van der Waals surface area contributed by atoms with Crippen LogP contribution < -0.4 is 4.74 Å². The van der Waals surface area contributed by atoms with Crippen molar-refractivity contribution in [2.45, 2.75) is 25.8 Å². The molecule has 0 N–H and O–H groups in total. The summed E-state index contributed by atoms with van der Waals surface area (Å²) in [5.74, 6) is 2.20. The highest BCUT2D eigenvalue weighted by molar-refractivity contribution is 9.10. The molecule has 118 valence electrons. The van der Waals surface area contributed by atoms with Gasteiger partial charge in [0.2, 0.25) is 0 Å². The van der Waals surface area contributed by atoms with Crippen molar-refractivity contribution in [1.82, 2.24) is 9.55 Å². The Labute approximate surface area is 145 Å². The molecule has 3 nitrogen and oxygen atoms in total. The summed E-state index contributed by atoms with van der Waals surface area (Å²) in [6.45, 7) is 3.24. The largest absolute Gasteiger partial charge is 0.457 e. The Kier molecular flexibility index (Phi) is 5.13. The van der Waals surface area contributed by atoms with Crippen molar-refractivity contribution in [2.75, 3.05) is 0 Å². The van der Waals surface area contributed by atoms with E-state index in [0.717, 1.165) is 28.9 Å². The van der Waals surface area contributed by atoms with E-state index >= 15 is 0 Å². The van der Waals surface area contributed by atoms with E-state index in [9.17, 15) is 0 Å². The molecular formula is C19H19BrN2O. The van der Waals surface area contributed by atoms with E-state index < -0.39 is 0 Å². The molecule has 3 aromatic rings. The van der Waals surface area contributed by atoms with Crippen LogP contribution in [-0.4, -0.2) is 9.55 Å². The van der Waals surface area contributed by atoms with Crippen molar-refractivity contribution < 1.29 is 4.74 Å². The first kappa shape index (κ1) is 15.8. The van der Waals surface area contributed by atoms with Gasteiger partial charge in [-0.15, -0.1) is 0 Å². The molecule has 4 heteroatoms. The predicted molar refractivity (Wildman–Crippen MR) is 95.9 cm³/mol. The minimum atomic E-state index is 0.499. The number of aromatic nitrogens is 2. The minimum absolute atomic E-state index is 0.499.